The second-order valence-electron chi connectivity index (χ2n) is 8.17. The number of nitrogens with zero attached hydrogens (tertiary/aromatic N) is 2. The van der Waals surface area contributed by atoms with Crippen LogP contribution in [0.3, 0.4) is 0 Å². The van der Waals surface area contributed by atoms with Gasteiger partial charge in [0.1, 0.15) is 0 Å². The van der Waals surface area contributed by atoms with E-state index in [4.69, 9.17) is 11.6 Å². The fourth-order valence-corrected chi connectivity index (χ4v) is 4.22. The molecule has 26 heavy (non-hydrogen) atoms. The standard InChI is InChI=1S/C20H28ClN3O2/c1-14(2)12-24-13-20(11-18(24)25)7-9-23(10-8-20)19(26)22-17-6-4-5-16(21)15(17)3/h4-6,14H,7-13H2,1-3H3,(H,22,26). The number of likely N-dealkylation sites (tertiary alicyclic amines) is 2. The number of anilines is 1. The van der Waals surface area contributed by atoms with Crippen molar-refractivity contribution in [3.05, 3.63) is 28.8 Å². The lowest BCUT2D eigenvalue weighted by Gasteiger charge is -2.38. The van der Waals surface area contributed by atoms with Gasteiger partial charge in [0.15, 0.2) is 0 Å². The number of hydrogen-bond acceptors (Lipinski definition) is 2. The number of nitrogens with one attached hydrogen (secondary N) is 1. The number of urea groups is 1. The molecule has 6 heteroatoms. The number of hydrogen-bond donors (Lipinski definition) is 1. The summed E-state index contributed by atoms with van der Waals surface area (Å²) >= 11 is 6.13. The van der Waals surface area contributed by atoms with Crippen LogP contribution in [0.25, 0.3) is 0 Å². The monoisotopic (exact) mass is 377 g/mol. The van der Waals surface area contributed by atoms with Crippen molar-refractivity contribution in [2.24, 2.45) is 11.3 Å². The van der Waals surface area contributed by atoms with Gasteiger partial charge in [-0.05, 0) is 43.4 Å². The Labute approximate surface area is 160 Å². The van der Waals surface area contributed by atoms with Crippen LogP contribution in [-0.2, 0) is 4.79 Å². The Hall–Kier alpha value is -1.75. The highest BCUT2D eigenvalue weighted by Crippen LogP contribution is 2.41. The van der Waals surface area contributed by atoms with Gasteiger partial charge < -0.3 is 15.1 Å². The van der Waals surface area contributed by atoms with Gasteiger partial charge in [-0.15, -0.1) is 0 Å². The van der Waals surface area contributed by atoms with Crippen molar-refractivity contribution in [3.63, 3.8) is 0 Å². The third-order valence-corrected chi connectivity index (χ3v) is 6.02. The van der Waals surface area contributed by atoms with Crippen LogP contribution in [0.1, 0.15) is 38.7 Å². The molecule has 5 nitrogen and oxygen atoms in total. The van der Waals surface area contributed by atoms with Crippen molar-refractivity contribution in [3.8, 4) is 0 Å². The van der Waals surface area contributed by atoms with E-state index in [2.05, 4.69) is 19.2 Å². The number of benzene rings is 1. The summed E-state index contributed by atoms with van der Waals surface area (Å²) in [6.07, 6.45) is 2.40. The first kappa shape index (κ1) is 19.0. The van der Waals surface area contributed by atoms with Gasteiger partial charge in [0, 0.05) is 48.7 Å². The molecule has 0 unspecified atom stereocenters. The van der Waals surface area contributed by atoms with Gasteiger partial charge in [-0.2, -0.15) is 0 Å². The molecule has 1 N–H and O–H groups in total. The van der Waals surface area contributed by atoms with Crippen molar-refractivity contribution >= 4 is 29.2 Å². The lowest BCUT2D eigenvalue weighted by Crippen LogP contribution is -2.46. The van der Waals surface area contributed by atoms with E-state index in [0.29, 0.717) is 30.5 Å². The van der Waals surface area contributed by atoms with Crippen molar-refractivity contribution in [1.29, 1.82) is 0 Å². The van der Waals surface area contributed by atoms with E-state index in [9.17, 15) is 9.59 Å². The molecule has 2 heterocycles. The third-order valence-electron chi connectivity index (χ3n) is 5.61. The Morgan fingerprint density at radius 2 is 2.00 bits per heavy atom. The quantitative estimate of drug-likeness (QED) is 0.860. The Morgan fingerprint density at radius 3 is 2.65 bits per heavy atom. The summed E-state index contributed by atoms with van der Waals surface area (Å²) in [5, 5.41) is 3.62. The zero-order valence-electron chi connectivity index (χ0n) is 15.8. The average molecular weight is 378 g/mol. The maximum Gasteiger partial charge on any atom is 0.321 e. The highest BCUT2D eigenvalue weighted by Gasteiger charge is 2.45. The van der Waals surface area contributed by atoms with Crippen LogP contribution in [0.5, 0.6) is 0 Å². The summed E-state index contributed by atoms with van der Waals surface area (Å²) in [6, 6.07) is 5.43. The van der Waals surface area contributed by atoms with Crippen molar-refractivity contribution in [1.82, 2.24) is 9.80 Å². The summed E-state index contributed by atoms with van der Waals surface area (Å²) in [5.74, 6) is 0.757. The molecule has 2 aliphatic heterocycles. The first-order valence-corrected chi connectivity index (χ1v) is 9.76. The normalized spacial score (nSPS) is 19.5. The summed E-state index contributed by atoms with van der Waals surface area (Å²) < 4.78 is 0. The maximum atomic E-state index is 12.6. The van der Waals surface area contributed by atoms with E-state index in [0.717, 1.165) is 37.2 Å². The molecule has 2 saturated heterocycles. The maximum absolute atomic E-state index is 12.6. The van der Waals surface area contributed by atoms with Crippen molar-refractivity contribution in [2.45, 2.75) is 40.0 Å². The van der Waals surface area contributed by atoms with Gasteiger partial charge in [-0.25, -0.2) is 4.79 Å². The van der Waals surface area contributed by atoms with Gasteiger partial charge in [0.2, 0.25) is 5.91 Å². The van der Waals surface area contributed by atoms with Gasteiger partial charge in [0.05, 0.1) is 0 Å². The average Bonchev–Trinajstić information content (AvgIpc) is 2.87. The van der Waals surface area contributed by atoms with E-state index >= 15 is 0 Å². The zero-order chi connectivity index (χ0) is 18.9. The number of carbonyl (C=O) groups is 2. The molecule has 3 amide bonds. The SMILES string of the molecule is Cc1c(Cl)cccc1NC(=O)N1CCC2(CC1)CC(=O)N(CC(C)C)C2. The third kappa shape index (κ3) is 3.98. The van der Waals surface area contributed by atoms with Crippen LogP contribution in [0, 0.1) is 18.3 Å². The van der Waals surface area contributed by atoms with Gasteiger partial charge >= 0.3 is 6.03 Å². The molecule has 0 aromatic heterocycles. The summed E-state index contributed by atoms with van der Waals surface area (Å²) in [6.45, 7) is 9.23. The van der Waals surface area contributed by atoms with Crippen molar-refractivity contribution in [2.75, 3.05) is 31.5 Å². The minimum absolute atomic E-state index is 0.0503. The van der Waals surface area contributed by atoms with E-state index in [-0.39, 0.29) is 17.4 Å². The lowest BCUT2D eigenvalue weighted by atomic mass is 9.77. The molecule has 0 bridgehead atoms. The molecule has 3 rings (SSSR count). The smallest absolute Gasteiger partial charge is 0.321 e. The highest BCUT2D eigenvalue weighted by atomic mass is 35.5. The summed E-state index contributed by atoms with van der Waals surface area (Å²) in [5.41, 5.74) is 1.68. The van der Waals surface area contributed by atoms with E-state index in [1.165, 1.54) is 0 Å². The summed E-state index contributed by atoms with van der Waals surface area (Å²) in [7, 11) is 0. The number of carbonyl (C=O) groups excluding carboxylic acids is 2. The zero-order valence-corrected chi connectivity index (χ0v) is 16.6. The van der Waals surface area contributed by atoms with Crippen LogP contribution < -0.4 is 5.32 Å². The van der Waals surface area contributed by atoms with Crippen molar-refractivity contribution < 1.29 is 9.59 Å². The molecule has 2 aliphatic rings. The second kappa shape index (κ2) is 7.47. The Bertz CT molecular complexity index is 696. The largest absolute Gasteiger partial charge is 0.342 e. The second-order valence-corrected chi connectivity index (χ2v) is 8.58. The first-order valence-electron chi connectivity index (χ1n) is 9.38. The lowest BCUT2D eigenvalue weighted by molar-refractivity contribution is -0.128. The fraction of sp³-hybridized carbons (Fsp3) is 0.600. The number of amides is 3. The molecule has 0 saturated carbocycles. The number of piperidine rings is 1. The van der Waals surface area contributed by atoms with Crippen LogP contribution in [0.2, 0.25) is 5.02 Å². The highest BCUT2D eigenvalue weighted by molar-refractivity contribution is 6.31. The topological polar surface area (TPSA) is 52.7 Å². The molecule has 0 atom stereocenters. The molecule has 0 radical (unpaired) electrons. The van der Waals surface area contributed by atoms with Crippen LogP contribution in [-0.4, -0.2) is 47.9 Å². The molecule has 1 spiro atoms. The Balaban J connectivity index is 1.57. The molecule has 1 aromatic carbocycles. The molecule has 1 aromatic rings. The molecule has 2 fully saturated rings. The van der Waals surface area contributed by atoms with Gasteiger partial charge in [-0.1, -0.05) is 31.5 Å². The first-order chi connectivity index (χ1) is 12.3. The van der Waals surface area contributed by atoms with E-state index in [1.807, 2.05) is 34.9 Å². The number of halogens is 1. The minimum atomic E-state index is -0.0893. The van der Waals surface area contributed by atoms with E-state index in [1.54, 1.807) is 0 Å². The Kier molecular flexibility index (Phi) is 5.47. The van der Waals surface area contributed by atoms with Crippen LogP contribution >= 0.6 is 11.6 Å². The van der Waals surface area contributed by atoms with Gasteiger partial charge in [-0.3, -0.25) is 4.79 Å². The predicted molar refractivity (Wildman–Crippen MR) is 104 cm³/mol. The van der Waals surface area contributed by atoms with Crippen LogP contribution in [0.4, 0.5) is 10.5 Å². The molecule has 142 valence electrons. The van der Waals surface area contributed by atoms with Gasteiger partial charge in [0.25, 0.3) is 0 Å². The molecular formula is C20H28ClN3O2. The van der Waals surface area contributed by atoms with Crippen LogP contribution in [0.15, 0.2) is 18.2 Å². The predicted octanol–water partition coefficient (Wildman–Crippen LogP) is 4.15. The van der Waals surface area contributed by atoms with E-state index < -0.39 is 0 Å². The molecule has 0 aliphatic carbocycles. The summed E-state index contributed by atoms with van der Waals surface area (Å²) in [4.78, 5) is 28.8. The number of rotatable bonds is 3. The minimum Gasteiger partial charge on any atom is -0.342 e. The molecular weight excluding hydrogens is 350 g/mol. The Morgan fingerprint density at radius 1 is 1.31 bits per heavy atom. The fourth-order valence-electron chi connectivity index (χ4n) is 4.04.